The number of imide groups is 1. The number of hydrogen-bond acceptors (Lipinski definition) is 5. The first-order chi connectivity index (χ1) is 15.4. The Bertz CT molecular complexity index is 1290. The number of rotatable bonds is 4. The molecule has 2 aromatic carbocycles. The molecule has 1 saturated heterocycles. The van der Waals surface area contributed by atoms with Gasteiger partial charge < -0.3 is 5.32 Å². The highest BCUT2D eigenvalue weighted by Crippen LogP contribution is 2.35. The number of piperidine rings is 1. The van der Waals surface area contributed by atoms with Gasteiger partial charge in [-0.2, -0.15) is 0 Å². The third-order valence-electron chi connectivity index (χ3n) is 5.76. The van der Waals surface area contributed by atoms with Gasteiger partial charge in [0.1, 0.15) is 6.04 Å². The van der Waals surface area contributed by atoms with Gasteiger partial charge in [0.2, 0.25) is 11.8 Å². The lowest BCUT2D eigenvalue weighted by molar-refractivity contribution is -0.136. The second-order valence-corrected chi connectivity index (χ2v) is 8.88. The summed E-state index contributed by atoms with van der Waals surface area (Å²) < 4.78 is 1.05. The molecule has 0 spiro atoms. The first-order valence-electron chi connectivity index (χ1n) is 10.2. The van der Waals surface area contributed by atoms with Crippen LogP contribution in [0.5, 0.6) is 0 Å². The third-order valence-corrected chi connectivity index (χ3v) is 6.87. The predicted molar refractivity (Wildman–Crippen MR) is 121 cm³/mol. The summed E-state index contributed by atoms with van der Waals surface area (Å²) in [6, 6.07) is 14.3. The average Bonchev–Trinajstić information content (AvgIpc) is 3.32. The molecule has 2 N–H and O–H groups in total. The summed E-state index contributed by atoms with van der Waals surface area (Å²) in [5, 5.41) is 6.21. The molecule has 2 aliphatic rings. The summed E-state index contributed by atoms with van der Waals surface area (Å²) in [6.07, 6.45) is 0.445. The molecule has 2 aliphatic heterocycles. The number of benzene rings is 2. The van der Waals surface area contributed by atoms with Crippen molar-refractivity contribution in [2.45, 2.75) is 25.4 Å². The number of carbonyl (C=O) groups is 4. The Morgan fingerprint density at radius 3 is 2.72 bits per heavy atom. The molecule has 4 amide bonds. The van der Waals surface area contributed by atoms with Crippen molar-refractivity contribution in [2.75, 3.05) is 0 Å². The van der Waals surface area contributed by atoms with Crippen LogP contribution in [0, 0.1) is 0 Å². The summed E-state index contributed by atoms with van der Waals surface area (Å²) in [5.41, 5.74) is 2.30. The topological polar surface area (TPSA) is 95.6 Å². The van der Waals surface area contributed by atoms with Crippen LogP contribution in [0.15, 0.2) is 55.1 Å². The molecule has 0 aliphatic carbocycles. The van der Waals surface area contributed by atoms with Crippen LogP contribution >= 0.6 is 11.3 Å². The Labute approximate surface area is 187 Å². The normalized spacial score (nSPS) is 18.1. The Balaban J connectivity index is 1.31. The fourth-order valence-corrected chi connectivity index (χ4v) is 5.11. The second-order valence-electron chi connectivity index (χ2n) is 7.80. The van der Waals surface area contributed by atoms with E-state index < -0.39 is 11.9 Å². The molecule has 3 aromatic rings. The largest absolute Gasteiger partial charge is 0.347 e. The summed E-state index contributed by atoms with van der Waals surface area (Å²) in [5.74, 6) is -1.32. The van der Waals surface area contributed by atoms with E-state index in [4.69, 9.17) is 0 Å². The molecule has 0 saturated carbocycles. The molecular weight excluding hydrogens is 426 g/mol. The highest BCUT2D eigenvalue weighted by atomic mass is 32.1. The minimum Gasteiger partial charge on any atom is -0.347 e. The van der Waals surface area contributed by atoms with Gasteiger partial charge >= 0.3 is 0 Å². The van der Waals surface area contributed by atoms with Gasteiger partial charge in [0.15, 0.2) is 0 Å². The molecule has 160 valence electrons. The van der Waals surface area contributed by atoms with Crippen LogP contribution in [-0.4, -0.2) is 34.6 Å². The number of amides is 4. The lowest BCUT2D eigenvalue weighted by atomic mass is 10.0. The van der Waals surface area contributed by atoms with Gasteiger partial charge in [0.05, 0.1) is 4.88 Å². The highest BCUT2D eigenvalue weighted by Gasteiger charge is 2.41. The zero-order valence-electron chi connectivity index (χ0n) is 17.0. The molecule has 1 fully saturated rings. The Morgan fingerprint density at radius 1 is 1.12 bits per heavy atom. The van der Waals surface area contributed by atoms with Crippen LogP contribution in [0.25, 0.3) is 15.8 Å². The zero-order chi connectivity index (χ0) is 22.4. The van der Waals surface area contributed by atoms with Crippen molar-refractivity contribution in [2.24, 2.45) is 0 Å². The number of nitrogens with zero attached hydrogens (tertiary/aromatic N) is 1. The first kappa shape index (κ1) is 20.1. The van der Waals surface area contributed by atoms with Gasteiger partial charge in [0, 0.05) is 34.5 Å². The van der Waals surface area contributed by atoms with Crippen LogP contribution in [0.3, 0.4) is 0 Å². The van der Waals surface area contributed by atoms with Crippen molar-refractivity contribution in [1.29, 1.82) is 0 Å². The van der Waals surface area contributed by atoms with Crippen molar-refractivity contribution in [3.05, 3.63) is 76.7 Å². The lowest BCUT2D eigenvalue weighted by Gasteiger charge is -2.30. The first-order valence-corrected chi connectivity index (χ1v) is 11.0. The zero-order valence-corrected chi connectivity index (χ0v) is 17.8. The summed E-state index contributed by atoms with van der Waals surface area (Å²) in [7, 11) is 0. The van der Waals surface area contributed by atoms with Crippen LogP contribution in [0.4, 0.5) is 0 Å². The van der Waals surface area contributed by atoms with Gasteiger partial charge in [-0.3, -0.25) is 29.4 Å². The summed E-state index contributed by atoms with van der Waals surface area (Å²) >= 11 is 1.43. The van der Waals surface area contributed by atoms with Gasteiger partial charge in [-0.15, -0.1) is 11.3 Å². The molecule has 0 radical (unpaired) electrons. The number of fused-ring (bicyclic) bond motifs is 2. The van der Waals surface area contributed by atoms with E-state index in [0.29, 0.717) is 21.7 Å². The van der Waals surface area contributed by atoms with Gasteiger partial charge in [0.25, 0.3) is 11.8 Å². The van der Waals surface area contributed by atoms with Crippen molar-refractivity contribution in [3.8, 4) is 0 Å². The second kappa shape index (κ2) is 7.72. The van der Waals surface area contributed by atoms with Gasteiger partial charge in [-0.25, -0.2) is 0 Å². The van der Waals surface area contributed by atoms with Crippen LogP contribution in [0.2, 0.25) is 0 Å². The van der Waals surface area contributed by atoms with Crippen molar-refractivity contribution in [3.63, 3.8) is 0 Å². The maximum Gasteiger partial charge on any atom is 0.261 e. The SMILES string of the molecule is C=C1c2ccc(CNC(=O)c3cc4ccccc4s3)cc2C(=O)N1C1CCC(=O)NC1=O. The molecule has 1 unspecified atom stereocenters. The number of carbonyl (C=O) groups excluding carboxylic acids is 4. The van der Waals surface area contributed by atoms with Gasteiger partial charge in [-0.1, -0.05) is 36.9 Å². The van der Waals surface area contributed by atoms with Crippen molar-refractivity contribution < 1.29 is 19.2 Å². The molecule has 7 nitrogen and oxygen atoms in total. The third kappa shape index (κ3) is 3.38. The molecular formula is C24H19N3O4S. The van der Waals surface area contributed by atoms with E-state index in [-0.39, 0.29) is 37.1 Å². The fraction of sp³-hybridized carbons (Fsp3) is 0.167. The lowest BCUT2D eigenvalue weighted by Crippen LogP contribution is -2.52. The van der Waals surface area contributed by atoms with Crippen LogP contribution in [-0.2, 0) is 16.1 Å². The fourth-order valence-electron chi connectivity index (χ4n) is 4.13. The number of thiophene rings is 1. The molecule has 3 heterocycles. The molecule has 5 rings (SSSR count). The van der Waals surface area contributed by atoms with Gasteiger partial charge in [-0.05, 0) is 35.6 Å². The Kier molecular flexibility index (Phi) is 4.86. The predicted octanol–water partition coefficient (Wildman–Crippen LogP) is 3.06. The molecule has 1 atom stereocenters. The van der Waals surface area contributed by atoms with E-state index in [1.54, 1.807) is 12.1 Å². The Morgan fingerprint density at radius 2 is 1.94 bits per heavy atom. The van der Waals surface area contributed by atoms with E-state index in [0.717, 1.165) is 15.6 Å². The molecule has 1 aromatic heterocycles. The van der Waals surface area contributed by atoms with E-state index >= 15 is 0 Å². The number of nitrogens with one attached hydrogen (secondary N) is 2. The minimum absolute atomic E-state index is 0.174. The maximum atomic E-state index is 13.1. The monoisotopic (exact) mass is 445 g/mol. The summed E-state index contributed by atoms with van der Waals surface area (Å²) in [6.45, 7) is 4.25. The highest BCUT2D eigenvalue weighted by molar-refractivity contribution is 7.20. The smallest absolute Gasteiger partial charge is 0.261 e. The van der Waals surface area contributed by atoms with E-state index in [1.165, 1.54) is 16.2 Å². The minimum atomic E-state index is -0.754. The van der Waals surface area contributed by atoms with E-state index in [9.17, 15) is 19.2 Å². The average molecular weight is 446 g/mol. The quantitative estimate of drug-likeness (QED) is 0.604. The Hall–Kier alpha value is -3.78. The van der Waals surface area contributed by atoms with Crippen LogP contribution in [0.1, 0.15) is 44.0 Å². The molecule has 8 heteroatoms. The standard InChI is InChI=1S/C24H19N3O4S/c1-13-16-7-6-14(12-25-23(30)20-11-15-4-2-3-5-19(15)32-20)10-17(16)24(31)27(13)18-8-9-21(28)26-22(18)29/h2-7,10-11,18H,1,8-9,12H2,(H,25,30)(H,26,28,29). The molecule has 32 heavy (non-hydrogen) atoms. The van der Waals surface area contributed by atoms with Crippen LogP contribution < -0.4 is 10.6 Å². The van der Waals surface area contributed by atoms with E-state index in [2.05, 4.69) is 17.2 Å². The number of hydrogen-bond donors (Lipinski definition) is 2. The summed E-state index contributed by atoms with van der Waals surface area (Å²) in [4.78, 5) is 51.4. The van der Waals surface area contributed by atoms with E-state index in [1.807, 2.05) is 36.4 Å². The van der Waals surface area contributed by atoms with Crippen molar-refractivity contribution >= 4 is 50.7 Å². The maximum absolute atomic E-state index is 13.1. The molecule has 0 bridgehead atoms. The van der Waals surface area contributed by atoms with Crippen molar-refractivity contribution in [1.82, 2.24) is 15.5 Å².